The lowest BCUT2D eigenvalue weighted by atomic mass is 9.97. The van der Waals surface area contributed by atoms with Gasteiger partial charge in [-0.25, -0.2) is 19.6 Å². The van der Waals surface area contributed by atoms with Gasteiger partial charge in [-0.05, 0) is 25.0 Å². The van der Waals surface area contributed by atoms with Crippen LogP contribution in [0.3, 0.4) is 0 Å². The van der Waals surface area contributed by atoms with Crippen molar-refractivity contribution in [3.8, 4) is 5.82 Å². The van der Waals surface area contributed by atoms with Crippen molar-refractivity contribution in [3.63, 3.8) is 0 Å². The maximum Gasteiger partial charge on any atom is 0.225 e. The molecule has 3 aromatic rings. The molecule has 9 nitrogen and oxygen atoms in total. The number of rotatable bonds is 5. The van der Waals surface area contributed by atoms with Crippen molar-refractivity contribution in [2.75, 3.05) is 18.0 Å². The summed E-state index contributed by atoms with van der Waals surface area (Å²) < 4.78 is 6.84. The summed E-state index contributed by atoms with van der Waals surface area (Å²) in [5.74, 6) is 2.14. The van der Waals surface area contributed by atoms with Crippen LogP contribution in [0.15, 0.2) is 47.9 Å². The second kappa shape index (κ2) is 7.34. The Kier molecular flexibility index (Phi) is 4.59. The smallest absolute Gasteiger partial charge is 0.225 e. The highest BCUT2D eigenvalue weighted by molar-refractivity contribution is 5.79. The van der Waals surface area contributed by atoms with Crippen LogP contribution in [0.4, 0.5) is 5.82 Å². The summed E-state index contributed by atoms with van der Waals surface area (Å²) in [5.41, 5.74) is 0. The minimum atomic E-state index is -0.0801. The van der Waals surface area contributed by atoms with Crippen LogP contribution in [0.25, 0.3) is 5.82 Å². The van der Waals surface area contributed by atoms with E-state index in [9.17, 15) is 4.79 Å². The molecule has 3 aromatic heterocycles. The summed E-state index contributed by atoms with van der Waals surface area (Å²) in [5, 5.41) is 7.03. The number of piperidine rings is 1. The predicted octanol–water partition coefficient (Wildman–Crippen LogP) is 1.18. The van der Waals surface area contributed by atoms with Gasteiger partial charge in [0.05, 0.1) is 18.7 Å². The minimum absolute atomic E-state index is 0.0386. The van der Waals surface area contributed by atoms with E-state index in [2.05, 4.69) is 30.3 Å². The average Bonchev–Trinajstić information content (AvgIpc) is 3.40. The number of hydrogen-bond acceptors (Lipinski definition) is 7. The fraction of sp³-hybridized carbons (Fsp3) is 0.353. The molecular weight excluding hydrogens is 334 g/mol. The standard InChI is InChI=1S/C17H19N7O2/c25-17(19-8-14-4-2-6-26-14)13-3-1-5-23(9-13)15-7-16(21-11-20-15)24-12-18-10-22-24/h2,4,6-7,10-13H,1,3,5,8-9H2,(H,19,25). The van der Waals surface area contributed by atoms with E-state index in [1.807, 2.05) is 18.2 Å². The molecule has 1 N–H and O–H groups in total. The van der Waals surface area contributed by atoms with Crippen molar-refractivity contribution in [1.29, 1.82) is 0 Å². The van der Waals surface area contributed by atoms with E-state index in [1.54, 1.807) is 17.3 Å². The minimum Gasteiger partial charge on any atom is -0.467 e. The molecule has 26 heavy (non-hydrogen) atoms. The Bertz CT molecular complexity index is 848. The van der Waals surface area contributed by atoms with Crippen molar-refractivity contribution < 1.29 is 9.21 Å². The fourth-order valence-corrected chi connectivity index (χ4v) is 3.09. The zero-order valence-electron chi connectivity index (χ0n) is 14.2. The summed E-state index contributed by atoms with van der Waals surface area (Å²) in [4.78, 5) is 27.1. The van der Waals surface area contributed by atoms with Crippen molar-refractivity contribution in [2.45, 2.75) is 19.4 Å². The van der Waals surface area contributed by atoms with Gasteiger partial charge in [0.1, 0.15) is 30.6 Å². The number of aromatic nitrogens is 5. The lowest BCUT2D eigenvalue weighted by Gasteiger charge is -2.32. The maximum atomic E-state index is 12.5. The Balaban J connectivity index is 1.42. The van der Waals surface area contributed by atoms with Gasteiger partial charge >= 0.3 is 0 Å². The lowest BCUT2D eigenvalue weighted by Crippen LogP contribution is -2.43. The molecule has 1 aliphatic rings. The molecule has 1 aliphatic heterocycles. The Morgan fingerprint density at radius 1 is 1.31 bits per heavy atom. The summed E-state index contributed by atoms with van der Waals surface area (Å²) in [6.07, 6.45) is 7.96. The van der Waals surface area contributed by atoms with Crippen LogP contribution < -0.4 is 10.2 Å². The van der Waals surface area contributed by atoms with Crippen molar-refractivity contribution in [2.24, 2.45) is 5.92 Å². The van der Waals surface area contributed by atoms with Gasteiger partial charge in [-0.3, -0.25) is 4.79 Å². The van der Waals surface area contributed by atoms with E-state index in [-0.39, 0.29) is 11.8 Å². The molecule has 0 radical (unpaired) electrons. The SMILES string of the molecule is O=C(NCc1ccco1)C1CCCN(c2cc(-n3cncn3)ncn2)C1. The van der Waals surface area contributed by atoms with Crippen LogP contribution in [-0.2, 0) is 11.3 Å². The summed E-state index contributed by atoms with van der Waals surface area (Å²) >= 11 is 0. The predicted molar refractivity (Wildman–Crippen MR) is 92.4 cm³/mol. The maximum absolute atomic E-state index is 12.5. The van der Waals surface area contributed by atoms with E-state index in [0.717, 1.165) is 31.0 Å². The van der Waals surface area contributed by atoms with Gasteiger partial charge in [0.25, 0.3) is 0 Å². The molecule has 1 saturated heterocycles. The third-order valence-electron chi connectivity index (χ3n) is 4.42. The number of amides is 1. The van der Waals surface area contributed by atoms with Gasteiger partial charge in [0.2, 0.25) is 5.91 Å². The first-order valence-electron chi connectivity index (χ1n) is 8.51. The zero-order chi connectivity index (χ0) is 17.8. The average molecular weight is 353 g/mol. The fourth-order valence-electron chi connectivity index (χ4n) is 3.09. The molecule has 1 unspecified atom stereocenters. The molecule has 1 atom stereocenters. The van der Waals surface area contributed by atoms with Gasteiger partial charge in [-0.2, -0.15) is 5.10 Å². The molecule has 4 rings (SSSR count). The molecular formula is C17H19N7O2. The molecule has 0 bridgehead atoms. The van der Waals surface area contributed by atoms with E-state index < -0.39 is 0 Å². The highest BCUT2D eigenvalue weighted by Crippen LogP contribution is 2.22. The van der Waals surface area contributed by atoms with Crippen molar-refractivity contribution in [3.05, 3.63) is 49.2 Å². The van der Waals surface area contributed by atoms with E-state index in [0.29, 0.717) is 18.9 Å². The monoisotopic (exact) mass is 353 g/mol. The number of carbonyl (C=O) groups is 1. The van der Waals surface area contributed by atoms with Crippen LogP contribution in [-0.4, -0.2) is 43.7 Å². The molecule has 1 amide bonds. The topological polar surface area (TPSA) is 102 Å². The zero-order valence-corrected chi connectivity index (χ0v) is 14.2. The largest absolute Gasteiger partial charge is 0.467 e. The summed E-state index contributed by atoms with van der Waals surface area (Å²) in [6.45, 7) is 1.89. The van der Waals surface area contributed by atoms with Gasteiger partial charge < -0.3 is 14.6 Å². The molecule has 0 spiro atoms. The third kappa shape index (κ3) is 3.56. The highest BCUT2D eigenvalue weighted by Gasteiger charge is 2.26. The second-order valence-electron chi connectivity index (χ2n) is 6.16. The number of anilines is 1. The van der Waals surface area contributed by atoms with Crippen molar-refractivity contribution in [1.82, 2.24) is 30.0 Å². The first kappa shape index (κ1) is 16.2. The summed E-state index contributed by atoms with van der Waals surface area (Å²) in [7, 11) is 0. The number of carbonyl (C=O) groups excluding carboxylic acids is 1. The van der Waals surface area contributed by atoms with Crippen LogP contribution in [0.2, 0.25) is 0 Å². The van der Waals surface area contributed by atoms with Crippen molar-refractivity contribution >= 4 is 11.7 Å². The second-order valence-corrected chi connectivity index (χ2v) is 6.16. The number of nitrogens with zero attached hydrogens (tertiary/aromatic N) is 6. The summed E-state index contributed by atoms with van der Waals surface area (Å²) in [6, 6.07) is 5.52. The van der Waals surface area contributed by atoms with Crippen LogP contribution in [0, 0.1) is 5.92 Å². The van der Waals surface area contributed by atoms with E-state index in [1.165, 1.54) is 12.7 Å². The van der Waals surface area contributed by atoms with Gasteiger partial charge in [-0.1, -0.05) is 0 Å². The van der Waals surface area contributed by atoms with E-state index >= 15 is 0 Å². The first-order valence-corrected chi connectivity index (χ1v) is 8.51. The molecule has 9 heteroatoms. The molecule has 0 saturated carbocycles. The Hall–Kier alpha value is -3.23. The van der Waals surface area contributed by atoms with Gasteiger partial charge in [-0.15, -0.1) is 0 Å². The van der Waals surface area contributed by atoms with Crippen LogP contribution in [0.1, 0.15) is 18.6 Å². The number of hydrogen-bond donors (Lipinski definition) is 1. The Morgan fingerprint density at radius 2 is 2.23 bits per heavy atom. The Labute approximate surface area is 150 Å². The first-order chi connectivity index (χ1) is 12.8. The van der Waals surface area contributed by atoms with Gasteiger partial charge in [0, 0.05) is 19.2 Å². The highest BCUT2D eigenvalue weighted by atomic mass is 16.3. The van der Waals surface area contributed by atoms with Crippen LogP contribution in [0.5, 0.6) is 0 Å². The Morgan fingerprint density at radius 3 is 3.04 bits per heavy atom. The number of furan rings is 1. The number of nitrogens with one attached hydrogen (secondary N) is 1. The van der Waals surface area contributed by atoms with Gasteiger partial charge in [0.15, 0.2) is 5.82 Å². The van der Waals surface area contributed by atoms with E-state index in [4.69, 9.17) is 4.42 Å². The lowest BCUT2D eigenvalue weighted by molar-refractivity contribution is -0.125. The molecule has 0 aromatic carbocycles. The van der Waals surface area contributed by atoms with Crippen LogP contribution >= 0.6 is 0 Å². The molecule has 134 valence electrons. The normalized spacial score (nSPS) is 17.2. The molecule has 4 heterocycles. The molecule has 1 fully saturated rings. The third-order valence-corrected chi connectivity index (χ3v) is 4.42. The molecule has 0 aliphatic carbocycles. The quantitative estimate of drug-likeness (QED) is 0.735.